The van der Waals surface area contributed by atoms with Gasteiger partial charge in [0.05, 0.1) is 12.2 Å². The van der Waals surface area contributed by atoms with Crippen LogP contribution in [-0.4, -0.2) is 12.6 Å². The largest absolute Gasteiger partial charge is 0.462 e. The van der Waals surface area contributed by atoms with Crippen molar-refractivity contribution in [3.05, 3.63) is 16.5 Å². The lowest BCUT2D eigenvalue weighted by Gasteiger charge is -2.03. The molecule has 0 bridgehead atoms. The van der Waals surface area contributed by atoms with Crippen molar-refractivity contribution in [2.24, 2.45) is 5.84 Å². The van der Waals surface area contributed by atoms with Crippen LogP contribution >= 0.6 is 11.3 Å². The summed E-state index contributed by atoms with van der Waals surface area (Å²) in [7, 11) is 0. The highest BCUT2D eigenvalue weighted by Crippen LogP contribution is 2.27. The zero-order valence-corrected chi connectivity index (χ0v) is 8.40. The number of hydrogen-bond donors (Lipinski definition) is 2. The van der Waals surface area contributed by atoms with Crippen molar-refractivity contribution in [1.82, 2.24) is 0 Å². The van der Waals surface area contributed by atoms with E-state index in [9.17, 15) is 4.79 Å². The minimum atomic E-state index is -0.325. The van der Waals surface area contributed by atoms with Gasteiger partial charge in [0.25, 0.3) is 0 Å². The van der Waals surface area contributed by atoms with Crippen LogP contribution in [0.25, 0.3) is 0 Å². The Labute approximate surface area is 80.7 Å². The predicted molar refractivity (Wildman–Crippen MR) is 52.8 cm³/mol. The molecular formula is C8H12N2O2S. The fourth-order valence-corrected chi connectivity index (χ4v) is 1.85. The Kier molecular flexibility index (Phi) is 3.27. The van der Waals surface area contributed by atoms with Gasteiger partial charge in [0.2, 0.25) is 0 Å². The molecule has 0 aliphatic rings. The third kappa shape index (κ3) is 1.99. The summed E-state index contributed by atoms with van der Waals surface area (Å²) in [5, 5.41) is 2.51. The number of ether oxygens (including phenoxy) is 1. The molecule has 0 aromatic carbocycles. The van der Waals surface area contributed by atoms with Crippen LogP contribution in [0.15, 0.2) is 5.38 Å². The van der Waals surface area contributed by atoms with E-state index in [1.807, 2.05) is 12.3 Å². The standard InChI is InChI=1S/C8H12N2O2S/c1-3-12-8(11)6-5(2)4-13-7(6)10-9/h4,10H,3,9H2,1-2H3. The normalized spacial score (nSPS) is 9.77. The van der Waals surface area contributed by atoms with Gasteiger partial charge >= 0.3 is 5.97 Å². The number of rotatable bonds is 3. The minimum Gasteiger partial charge on any atom is -0.462 e. The van der Waals surface area contributed by atoms with Crippen LogP contribution in [0.2, 0.25) is 0 Å². The van der Waals surface area contributed by atoms with Crippen molar-refractivity contribution in [2.45, 2.75) is 13.8 Å². The first kappa shape index (κ1) is 10.0. The molecule has 0 saturated heterocycles. The van der Waals surface area contributed by atoms with Gasteiger partial charge in [0.1, 0.15) is 5.00 Å². The fraction of sp³-hybridized carbons (Fsp3) is 0.375. The second kappa shape index (κ2) is 4.25. The number of thiophene rings is 1. The minimum absolute atomic E-state index is 0.325. The van der Waals surface area contributed by atoms with E-state index >= 15 is 0 Å². The van der Waals surface area contributed by atoms with Crippen LogP contribution in [0.5, 0.6) is 0 Å². The molecular weight excluding hydrogens is 188 g/mol. The first-order valence-corrected chi connectivity index (χ1v) is 4.80. The summed E-state index contributed by atoms with van der Waals surface area (Å²) in [5.41, 5.74) is 3.90. The van der Waals surface area contributed by atoms with Gasteiger partial charge in [-0.2, -0.15) is 0 Å². The highest BCUT2D eigenvalue weighted by atomic mass is 32.1. The molecule has 0 aliphatic heterocycles. The van der Waals surface area contributed by atoms with E-state index in [-0.39, 0.29) is 5.97 Å². The number of nitrogens with two attached hydrogens (primary N) is 1. The van der Waals surface area contributed by atoms with Crippen molar-refractivity contribution in [1.29, 1.82) is 0 Å². The summed E-state index contributed by atoms with van der Waals surface area (Å²) in [5.74, 6) is 4.93. The SMILES string of the molecule is CCOC(=O)c1c(C)csc1NN. The number of carbonyl (C=O) groups is 1. The molecule has 0 atom stereocenters. The van der Waals surface area contributed by atoms with Crippen LogP contribution in [0.1, 0.15) is 22.8 Å². The van der Waals surface area contributed by atoms with Crippen molar-refractivity contribution in [3.8, 4) is 0 Å². The maximum Gasteiger partial charge on any atom is 0.341 e. The van der Waals surface area contributed by atoms with Crippen LogP contribution in [0, 0.1) is 6.92 Å². The van der Waals surface area contributed by atoms with Gasteiger partial charge in [-0.15, -0.1) is 11.3 Å². The molecule has 0 unspecified atom stereocenters. The van der Waals surface area contributed by atoms with E-state index < -0.39 is 0 Å². The second-order valence-corrected chi connectivity index (χ2v) is 3.37. The Morgan fingerprint density at radius 1 is 1.77 bits per heavy atom. The van der Waals surface area contributed by atoms with Crippen molar-refractivity contribution in [3.63, 3.8) is 0 Å². The molecule has 5 heteroatoms. The predicted octanol–water partition coefficient (Wildman–Crippen LogP) is 1.52. The van der Waals surface area contributed by atoms with Gasteiger partial charge in [0.15, 0.2) is 0 Å². The molecule has 1 heterocycles. The molecule has 1 aromatic heterocycles. The number of nitrogens with one attached hydrogen (secondary N) is 1. The average Bonchev–Trinajstić information content (AvgIpc) is 2.47. The summed E-state index contributed by atoms with van der Waals surface area (Å²) in [6.07, 6.45) is 0. The number of carbonyl (C=O) groups excluding carboxylic acids is 1. The van der Waals surface area contributed by atoms with Gasteiger partial charge in [-0.3, -0.25) is 0 Å². The van der Waals surface area contributed by atoms with E-state index in [0.717, 1.165) is 5.56 Å². The Morgan fingerprint density at radius 3 is 3.00 bits per heavy atom. The first-order chi connectivity index (χ1) is 6.20. The molecule has 13 heavy (non-hydrogen) atoms. The molecule has 1 rings (SSSR count). The van der Waals surface area contributed by atoms with E-state index in [4.69, 9.17) is 10.6 Å². The summed E-state index contributed by atoms with van der Waals surface area (Å²) in [4.78, 5) is 11.4. The third-order valence-corrected chi connectivity index (χ3v) is 2.61. The average molecular weight is 200 g/mol. The number of hydrogen-bond acceptors (Lipinski definition) is 5. The van der Waals surface area contributed by atoms with Gasteiger partial charge in [-0.25, -0.2) is 10.6 Å². The fourth-order valence-electron chi connectivity index (χ4n) is 1.01. The van der Waals surface area contributed by atoms with E-state index in [1.165, 1.54) is 11.3 Å². The molecule has 1 aromatic rings. The number of nitrogen functional groups attached to an aromatic ring is 1. The lowest BCUT2D eigenvalue weighted by Crippen LogP contribution is -2.12. The second-order valence-electron chi connectivity index (χ2n) is 2.49. The lowest BCUT2D eigenvalue weighted by atomic mass is 10.2. The molecule has 0 radical (unpaired) electrons. The summed E-state index contributed by atoms with van der Waals surface area (Å²) in [6.45, 7) is 4.00. The van der Waals surface area contributed by atoms with Gasteiger partial charge in [0, 0.05) is 0 Å². The van der Waals surface area contributed by atoms with Gasteiger partial charge in [-0.05, 0) is 24.8 Å². The van der Waals surface area contributed by atoms with Gasteiger partial charge < -0.3 is 10.2 Å². The van der Waals surface area contributed by atoms with E-state index in [1.54, 1.807) is 6.92 Å². The first-order valence-electron chi connectivity index (χ1n) is 3.92. The molecule has 4 nitrogen and oxygen atoms in total. The van der Waals surface area contributed by atoms with Crippen LogP contribution in [-0.2, 0) is 4.74 Å². The number of aryl methyl sites for hydroxylation is 1. The molecule has 72 valence electrons. The molecule has 0 amide bonds. The molecule has 3 N–H and O–H groups in total. The Morgan fingerprint density at radius 2 is 2.46 bits per heavy atom. The van der Waals surface area contributed by atoms with Crippen LogP contribution < -0.4 is 11.3 Å². The molecule has 0 spiro atoms. The zero-order chi connectivity index (χ0) is 9.84. The number of hydrazine groups is 1. The highest BCUT2D eigenvalue weighted by molar-refractivity contribution is 7.14. The summed E-state index contributed by atoms with van der Waals surface area (Å²) >= 11 is 1.39. The van der Waals surface area contributed by atoms with Crippen molar-refractivity contribution in [2.75, 3.05) is 12.0 Å². The van der Waals surface area contributed by atoms with E-state index in [2.05, 4.69) is 5.43 Å². The van der Waals surface area contributed by atoms with E-state index in [0.29, 0.717) is 17.2 Å². The summed E-state index contributed by atoms with van der Waals surface area (Å²) < 4.78 is 4.88. The van der Waals surface area contributed by atoms with Crippen molar-refractivity contribution >= 4 is 22.3 Å². The lowest BCUT2D eigenvalue weighted by molar-refractivity contribution is 0.0527. The number of esters is 1. The quantitative estimate of drug-likeness (QED) is 0.441. The highest BCUT2D eigenvalue weighted by Gasteiger charge is 2.16. The Bertz CT molecular complexity index is 309. The van der Waals surface area contributed by atoms with Crippen LogP contribution in [0.3, 0.4) is 0 Å². The maximum absolute atomic E-state index is 11.4. The molecule has 0 saturated carbocycles. The zero-order valence-electron chi connectivity index (χ0n) is 7.59. The van der Waals surface area contributed by atoms with Crippen LogP contribution in [0.4, 0.5) is 5.00 Å². The third-order valence-electron chi connectivity index (χ3n) is 1.59. The number of anilines is 1. The summed E-state index contributed by atoms with van der Waals surface area (Å²) in [6, 6.07) is 0. The Balaban J connectivity index is 2.96. The molecule has 0 aliphatic carbocycles. The topological polar surface area (TPSA) is 64.3 Å². The monoisotopic (exact) mass is 200 g/mol. The van der Waals surface area contributed by atoms with Gasteiger partial charge in [-0.1, -0.05) is 0 Å². The molecule has 0 fully saturated rings. The smallest absolute Gasteiger partial charge is 0.341 e. The van der Waals surface area contributed by atoms with Crippen molar-refractivity contribution < 1.29 is 9.53 Å². The Hall–Kier alpha value is -1.07. The maximum atomic E-state index is 11.4.